The van der Waals surface area contributed by atoms with Gasteiger partial charge in [0.2, 0.25) is 0 Å². The van der Waals surface area contributed by atoms with Gasteiger partial charge in [0.15, 0.2) is 0 Å². The Morgan fingerprint density at radius 3 is 2.65 bits per heavy atom. The predicted octanol–water partition coefficient (Wildman–Crippen LogP) is 5.62. The zero-order valence-corrected chi connectivity index (χ0v) is 16.2. The van der Waals surface area contributed by atoms with Crippen molar-refractivity contribution in [2.75, 3.05) is 0 Å². The molecule has 0 fully saturated rings. The molecule has 3 aromatic rings. The van der Waals surface area contributed by atoms with Gasteiger partial charge in [-0.05, 0) is 56.1 Å². The highest BCUT2D eigenvalue weighted by Gasteiger charge is 2.14. The molecule has 2 aromatic carbocycles. The van der Waals surface area contributed by atoms with Gasteiger partial charge in [-0.15, -0.1) is 0 Å². The van der Waals surface area contributed by atoms with E-state index in [9.17, 15) is 10.4 Å². The predicted molar refractivity (Wildman–Crippen MR) is 101 cm³/mol. The first-order valence-corrected chi connectivity index (χ1v) is 8.82. The maximum atomic E-state index is 10.0. The van der Waals surface area contributed by atoms with Crippen molar-refractivity contribution >= 4 is 70.5 Å². The number of nitriles is 1. The second kappa shape index (κ2) is 6.48. The molecule has 0 saturated heterocycles. The van der Waals surface area contributed by atoms with Crippen LogP contribution in [0.2, 0.25) is 0 Å². The second-order valence-corrected chi connectivity index (χ2v) is 7.19. The topological polar surface area (TPSA) is 72.7 Å². The van der Waals surface area contributed by atoms with Crippen LogP contribution in [0.1, 0.15) is 11.4 Å². The van der Waals surface area contributed by atoms with Crippen LogP contribution in [0.5, 0.6) is 5.75 Å². The van der Waals surface area contributed by atoms with Gasteiger partial charge in [-0.2, -0.15) is 5.26 Å². The molecule has 0 aliphatic heterocycles. The van der Waals surface area contributed by atoms with E-state index in [4.69, 9.17) is 0 Å². The number of aromatic amines is 1. The molecule has 7 heteroatoms. The first-order valence-electron chi connectivity index (χ1n) is 6.44. The largest absolute Gasteiger partial charge is 0.506 e. The molecule has 114 valence electrons. The van der Waals surface area contributed by atoms with E-state index in [0.717, 1.165) is 15.5 Å². The monoisotopic (exact) mass is 495 g/mol. The molecule has 0 radical (unpaired) electrons. The number of aromatic hydroxyl groups is 1. The number of fused-ring (bicyclic) bond motifs is 1. The first kappa shape index (κ1) is 16.2. The van der Waals surface area contributed by atoms with Crippen molar-refractivity contribution in [2.24, 2.45) is 0 Å². The lowest BCUT2D eigenvalue weighted by Gasteiger charge is -2.07. The highest BCUT2D eigenvalue weighted by atomic mass is 79.9. The third kappa shape index (κ3) is 3.07. The van der Waals surface area contributed by atoms with E-state index < -0.39 is 0 Å². The number of phenolic OH excluding ortho intramolecular Hbond substituents is 1. The normalized spacial score (nSPS) is 11.7. The van der Waals surface area contributed by atoms with Crippen LogP contribution in [0.15, 0.2) is 43.7 Å². The van der Waals surface area contributed by atoms with Crippen LogP contribution in [-0.2, 0) is 0 Å². The van der Waals surface area contributed by atoms with Crippen molar-refractivity contribution < 1.29 is 5.11 Å². The summed E-state index contributed by atoms with van der Waals surface area (Å²) in [7, 11) is 0. The van der Waals surface area contributed by atoms with Crippen LogP contribution >= 0.6 is 47.8 Å². The number of para-hydroxylation sites is 2. The number of rotatable bonds is 2. The lowest BCUT2D eigenvalue weighted by molar-refractivity contribution is 0.468. The molecular weight excluding hydrogens is 490 g/mol. The summed E-state index contributed by atoms with van der Waals surface area (Å²) >= 11 is 10.1. The molecule has 0 aliphatic carbocycles. The Morgan fingerprint density at radius 1 is 1.22 bits per heavy atom. The smallest absolute Gasteiger partial charge is 0.149 e. The summed E-state index contributed by atoms with van der Waals surface area (Å²) in [6, 6.07) is 11.4. The Hall–Kier alpha value is -1.62. The number of aromatic nitrogens is 2. The zero-order valence-electron chi connectivity index (χ0n) is 11.4. The van der Waals surface area contributed by atoms with Crippen LogP contribution in [0.3, 0.4) is 0 Å². The summed E-state index contributed by atoms with van der Waals surface area (Å²) in [6.45, 7) is 0. The van der Waals surface area contributed by atoms with E-state index in [1.165, 1.54) is 0 Å². The fraction of sp³-hybridized carbons (Fsp3) is 0. The van der Waals surface area contributed by atoms with Gasteiger partial charge in [-0.25, -0.2) is 4.98 Å². The van der Waals surface area contributed by atoms with E-state index in [2.05, 4.69) is 63.8 Å². The van der Waals surface area contributed by atoms with Crippen LogP contribution in [-0.4, -0.2) is 15.1 Å². The van der Waals surface area contributed by atoms with Gasteiger partial charge in [0.05, 0.1) is 25.6 Å². The number of benzene rings is 2. The quantitative estimate of drug-likeness (QED) is 0.451. The Morgan fingerprint density at radius 2 is 1.96 bits per heavy atom. The Labute approximate surface area is 157 Å². The molecule has 1 aromatic heterocycles. The summed E-state index contributed by atoms with van der Waals surface area (Å²) in [5, 5.41) is 19.5. The maximum absolute atomic E-state index is 10.0. The number of imidazole rings is 1. The minimum Gasteiger partial charge on any atom is -0.506 e. The molecule has 0 unspecified atom stereocenters. The Bertz CT molecular complexity index is 953. The fourth-order valence-corrected chi connectivity index (χ4v) is 4.45. The Kier molecular flexibility index (Phi) is 4.57. The molecule has 0 spiro atoms. The van der Waals surface area contributed by atoms with E-state index in [-0.39, 0.29) is 5.75 Å². The number of nitrogens with one attached hydrogen (secondary N) is 1. The number of H-pyrrole nitrogens is 1. The number of allylic oxidation sites excluding steroid dienone is 1. The summed E-state index contributed by atoms with van der Waals surface area (Å²) < 4.78 is 1.77. The SMILES string of the molecule is N#C/C(=C\c1c(Br)cc(Br)c(O)c1Br)c1nc2ccccc2[nH]1. The molecule has 0 saturated carbocycles. The third-order valence-electron chi connectivity index (χ3n) is 3.23. The number of hydrogen-bond acceptors (Lipinski definition) is 3. The number of hydrogen-bond donors (Lipinski definition) is 2. The van der Waals surface area contributed by atoms with Gasteiger partial charge in [-0.3, -0.25) is 0 Å². The Balaban J connectivity index is 2.17. The van der Waals surface area contributed by atoms with Crippen LogP contribution < -0.4 is 0 Å². The van der Waals surface area contributed by atoms with Crippen molar-refractivity contribution in [2.45, 2.75) is 0 Å². The van der Waals surface area contributed by atoms with Crippen molar-refractivity contribution in [1.29, 1.82) is 5.26 Å². The molecule has 0 atom stereocenters. The summed E-state index contributed by atoms with van der Waals surface area (Å²) in [5.41, 5.74) is 2.67. The number of nitrogens with zero attached hydrogens (tertiary/aromatic N) is 2. The van der Waals surface area contributed by atoms with Gasteiger partial charge in [0.25, 0.3) is 0 Å². The lowest BCUT2D eigenvalue weighted by Crippen LogP contribution is -1.88. The fourth-order valence-electron chi connectivity index (χ4n) is 2.11. The molecule has 1 heterocycles. The average molecular weight is 498 g/mol. The van der Waals surface area contributed by atoms with E-state index in [0.29, 0.717) is 25.9 Å². The highest BCUT2D eigenvalue weighted by molar-refractivity contribution is 9.11. The van der Waals surface area contributed by atoms with Crippen LogP contribution in [0.25, 0.3) is 22.7 Å². The zero-order chi connectivity index (χ0) is 16.6. The van der Waals surface area contributed by atoms with E-state index in [1.54, 1.807) is 12.1 Å². The second-order valence-electron chi connectivity index (χ2n) is 4.69. The van der Waals surface area contributed by atoms with Crippen molar-refractivity contribution in [3.05, 3.63) is 55.1 Å². The maximum Gasteiger partial charge on any atom is 0.149 e. The molecular formula is C16H8Br3N3O. The van der Waals surface area contributed by atoms with Crippen molar-refractivity contribution in [1.82, 2.24) is 9.97 Å². The molecule has 0 amide bonds. The minimum absolute atomic E-state index is 0.0707. The molecule has 0 aliphatic rings. The summed E-state index contributed by atoms with van der Waals surface area (Å²) in [5.74, 6) is 0.552. The number of phenols is 1. The van der Waals surface area contributed by atoms with E-state index >= 15 is 0 Å². The first-order chi connectivity index (χ1) is 11.0. The highest BCUT2D eigenvalue weighted by Crippen LogP contribution is 2.40. The molecule has 4 nitrogen and oxygen atoms in total. The molecule has 0 bridgehead atoms. The number of halogens is 3. The van der Waals surface area contributed by atoms with Gasteiger partial charge in [-0.1, -0.05) is 28.1 Å². The summed E-state index contributed by atoms with van der Waals surface area (Å²) in [6.07, 6.45) is 1.66. The molecule has 2 N–H and O–H groups in total. The van der Waals surface area contributed by atoms with Gasteiger partial charge in [0.1, 0.15) is 17.6 Å². The van der Waals surface area contributed by atoms with Crippen LogP contribution in [0, 0.1) is 11.3 Å². The molecule has 23 heavy (non-hydrogen) atoms. The summed E-state index contributed by atoms with van der Waals surface area (Å²) in [4.78, 5) is 7.56. The van der Waals surface area contributed by atoms with Gasteiger partial charge >= 0.3 is 0 Å². The van der Waals surface area contributed by atoms with Gasteiger partial charge < -0.3 is 10.1 Å². The van der Waals surface area contributed by atoms with Crippen LogP contribution in [0.4, 0.5) is 0 Å². The van der Waals surface area contributed by atoms with Crippen molar-refractivity contribution in [3.8, 4) is 11.8 Å². The third-order valence-corrected chi connectivity index (χ3v) is 5.30. The molecule has 3 rings (SSSR count). The van der Waals surface area contributed by atoms with Gasteiger partial charge in [0, 0.05) is 10.0 Å². The van der Waals surface area contributed by atoms with Crippen molar-refractivity contribution in [3.63, 3.8) is 0 Å². The standard InChI is InChI=1S/C16H8Br3N3O/c17-10-6-11(18)15(23)14(19)9(10)5-8(7-20)16-21-12-3-1-2-4-13(12)22-16/h1-6,23H,(H,21,22)/b8-5+. The lowest BCUT2D eigenvalue weighted by atomic mass is 10.1. The van der Waals surface area contributed by atoms with E-state index in [1.807, 2.05) is 24.3 Å². The minimum atomic E-state index is 0.0707. The average Bonchev–Trinajstić information content (AvgIpc) is 2.96.